The number of carbonyl (C=O) groups excluding carboxylic acids is 1. The Morgan fingerprint density at radius 1 is 0.969 bits per heavy atom. The molecule has 1 fully saturated rings. The number of hydrogen-bond donors (Lipinski definition) is 2. The molecule has 0 saturated heterocycles. The first kappa shape index (κ1) is 23.7. The molecule has 32 heavy (non-hydrogen) atoms. The van der Waals surface area contributed by atoms with Crippen LogP contribution in [0.3, 0.4) is 0 Å². The summed E-state index contributed by atoms with van der Waals surface area (Å²) in [4.78, 5) is 12.8. The van der Waals surface area contributed by atoms with Crippen LogP contribution in [0.15, 0.2) is 42.0 Å². The average Bonchev–Trinajstić information content (AvgIpc) is 3.30. The van der Waals surface area contributed by atoms with E-state index >= 15 is 0 Å². The smallest absolute Gasteiger partial charge is 0.247 e. The largest absolute Gasteiger partial charge is 0.496 e. The number of nitrogens with one attached hydrogen (secondary N) is 2. The summed E-state index contributed by atoms with van der Waals surface area (Å²) in [5.41, 5.74) is 5.52. The second-order valence-corrected chi connectivity index (χ2v) is 8.83. The van der Waals surface area contributed by atoms with Gasteiger partial charge >= 0.3 is 0 Å². The second kappa shape index (κ2) is 10.6. The van der Waals surface area contributed by atoms with Crippen LogP contribution in [0.5, 0.6) is 11.5 Å². The van der Waals surface area contributed by atoms with Crippen LogP contribution in [0.4, 0.5) is 5.69 Å². The molecule has 5 heteroatoms. The predicted octanol–water partition coefficient (Wildman–Crippen LogP) is 6.04. The number of hydrogen-bond acceptors (Lipinski definition) is 4. The van der Waals surface area contributed by atoms with Gasteiger partial charge in [0.15, 0.2) is 0 Å². The maximum absolute atomic E-state index is 12.8. The molecule has 1 aliphatic rings. The van der Waals surface area contributed by atoms with E-state index < -0.39 is 0 Å². The van der Waals surface area contributed by atoms with Crippen LogP contribution in [-0.2, 0) is 4.79 Å². The molecule has 0 heterocycles. The lowest BCUT2D eigenvalue weighted by Crippen LogP contribution is -2.33. The van der Waals surface area contributed by atoms with Crippen molar-refractivity contribution in [3.63, 3.8) is 0 Å². The molecule has 172 valence electrons. The van der Waals surface area contributed by atoms with E-state index in [0.29, 0.717) is 11.6 Å². The summed E-state index contributed by atoms with van der Waals surface area (Å²) in [6, 6.07) is 12.9. The fourth-order valence-electron chi connectivity index (χ4n) is 4.23. The van der Waals surface area contributed by atoms with E-state index in [4.69, 9.17) is 9.47 Å². The monoisotopic (exact) mass is 436 g/mol. The number of rotatable bonds is 8. The maximum Gasteiger partial charge on any atom is 0.247 e. The Balaban J connectivity index is 1.95. The lowest BCUT2D eigenvalue weighted by Gasteiger charge is -2.18. The van der Waals surface area contributed by atoms with E-state index in [0.717, 1.165) is 52.3 Å². The Labute approximate surface area is 192 Å². The minimum atomic E-state index is -0.00672. The van der Waals surface area contributed by atoms with E-state index in [9.17, 15) is 4.79 Å². The molecule has 1 aliphatic carbocycles. The van der Waals surface area contributed by atoms with Gasteiger partial charge in [0.05, 0.1) is 14.2 Å². The molecule has 0 unspecified atom stereocenters. The highest BCUT2D eigenvalue weighted by Crippen LogP contribution is 2.40. The Hall–Kier alpha value is -2.95. The number of amides is 1. The third-order valence-corrected chi connectivity index (χ3v) is 6.17. The van der Waals surface area contributed by atoms with Crippen LogP contribution in [0.25, 0.3) is 16.7 Å². The molecule has 2 aromatic rings. The van der Waals surface area contributed by atoms with Gasteiger partial charge in [0.2, 0.25) is 5.91 Å². The van der Waals surface area contributed by atoms with Gasteiger partial charge in [0.25, 0.3) is 0 Å². The van der Waals surface area contributed by atoms with Crippen molar-refractivity contribution in [3.8, 4) is 22.6 Å². The van der Waals surface area contributed by atoms with Gasteiger partial charge in [-0.25, -0.2) is 0 Å². The van der Waals surface area contributed by atoms with Gasteiger partial charge in [0.1, 0.15) is 11.5 Å². The molecule has 2 N–H and O–H groups in total. The molecule has 1 amide bonds. The van der Waals surface area contributed by atoms with Gasteiger partial charge in [0, 0.05) is 34.5 Å². The van der Waals surface area contributed by atoms with Crippen molar-refractivity contribution in [2.75, 3.05) is 19.5 Å². The molecule has 0 aliphatic heterocycles. The standard InChI is InChI=1S/C27H36N2O3/c1-17(2)28-22-13-11-20(12-14-22)24-16-25(31-5)23(15-26(24)32-6)18(3)19(4)27(30)29-21-9-7-8-10-21/h11-17,21,28H,7-10H2,1-6H3,(H,29,30)/b19-18+. The third kappa shape index (κ3) is 5.45. The van der Waals surface area contributed by atoms with Gasteiger partial charge in [-0.3, -0.25) is 4.79 Å². The van der Waals surface area contributed by atoms with E-state index in [1.165, 1.54) is 12.8 Å². The number of benzene rings is 2. The van der Waals surface area contributed by atoms with E-state index in [1.54, 1.807) is 14.2 Å². The lowest BCUT2D eigenvalue weighted by molar-refractivity contribution is -0.118. The third-order valence-electron chi connectivity index (χ3n) is 6.17. The number of allylic oxidation sites excluding steroid dienone is 1. The van der Waals surface area contributed by atoms with Crippen LogP contribution >= 0.6 is 0 Å². The summed E-state index contributed by atoms with van der Waals surface area (Å²) >= 11 is 0. The second-order valence-electron chi connectivity index (χ2n) is 8.83. The quantitative estimate of drug-likeness (QED) is 0.495. The Kier molecular flexibility index (Phi) is 7.84. The van der Waals surface area contributed by atoms with Gasteiger partial charge in [-0.05, 0) is 75.9 Å². The molecule has 1 saturated carbocycles. The molecule has 0 spiro atoms. The molecule has 0 bridgehead atoms. The molecule has 0 radical (unpaired) electrons. The zero-order chi connectivity index (χ0) is 23.3. The maximum atomic E-state index is 12.8. The highest BCUT2D eigenvalue weighted by Gasteiger charge is 2.21. The van der Waals surface area contributed by atoms with Crippen LogP contribution < -0.4 is 20.1 Å². The van der Waals surface area contributed by atoms with Crippen molar-refractivity contribution >= 4 is 17.2 Å². The number of methoxy groups -OCH3 is 2. The first-order valence-corrected chi connectivity index (χ1v) is 11.5. The van der Waals surface area contributed by atoms with Crippen LogP contribution in [0.2, 0.25) is 0 Å². The van der Waals surface area contributed by atoms with Crippen molar-refractivity contribution in [3.05, 3.63) is 47.5 Å². The van der Waals surface area contributed by atoms with Crippen molar-refractivity contribution in [1.29, 1.82) is 0 Å². The first-order valence-electron chi connectivity index (χ1n) is 11.5. The molecule has 3 rings (SSSR count). The van der Waals surface area contributed by atoms with Crippen LogP contribution in [0, 0.1) is 0 Å². The van der Waals surface area contributed by atoms with Crippen molar-refractivity contribution in [2.45, 2.75) is 65.5 Å². The zero-order valence-corrected chi connectivity index (χ0v) is 20.2. The van der Waals surface area contributed by atoms with Crippen LogP contribution in [-0.4, -0.2) is 32.2 Å². The summed E-state index contributed by atoms with van der Waals surface area (Å²) in [5, 5.41) is 6.58. The van der Waals surface area contributed by atoms with Gasteiger partial charge < -0.3 is 20.1 Å². The highest BCUT2D eigenvalue weighted by molar-refractivity contribution is 6.01. The SMILES string of the molecule is COc1cc(-c2ccc(NC(C)C)cc2)c(OC)cc1/C(C)=C(\C)C(=O)NC1CCCC1. The minimum absolute atomic E-state index is 0.00672. The molecule has 0 atom stereocenters. The number of carbonyl (C=O) groups is 1. The zero-order valence-electron chi connectivity index (χ0n) is 20.2. The molecular formula is C27H36N2O3. The van der Waals surface area contributed by atoms with Crippen molar-refractivity contribution < 1.29 is 14.3 Å². The van der Waals surface area contributed by atoms with Gasteiger partial charge in [-0.1, -0.05) is 25.0 Å². The van der Waals surface area contributed by atoms with E-state index in [-0.39, 0.29) is 11.9 Å². The molecule has 0 aromatic heterocycles. The summed E-state index contributed by atoms with van der Waals surface area (Å²) < 4.78 is 11.5. The lowest BCUT2D eigenvalue weighted by atomic mass is 9.95. The molecule has 5 nitrogen and oxygen atoms in total. The van der Waals surface area contributed by atoms with Crippen molar-refractivity contribution in [2.24, 2.45) is 0 Å². The van der Waals surface area contributed by atoms with Gasteiger partial charge in [-0.15, -0.1) is 0 Å². The fourth-order valence-corrected chi connectivity index (χ4v) is 4.23. The minimum Gasteiger partial charge on any atom is -0.496 e. The first-order chi connectivity index (χ1) is 15.3. The summed E-state index contributed by atoms with van der Waals surface area (Å²) in [6.07, 6.45) is 4.51. The highest BCUT2D eigenvalue weighted by atomic mass is 16.5. The van der Waals surface area contributed by atoms with Crippen molar-refractivity contribution in [1.82, 2.24) is 5.32 Å². The fraction of sp³-hybridized carbons (Fsp3) is 0.444. The predicted molar refractivity (Wildman–Crippen MR) is 132 cm³/mol. The Bertz CT molecular complexity index is 971. The van der Waals surface area contributed by atoms with E-state index in [1.807, 2.05) is 26.0 Å². The van der Waals surface area contributed by atoms with E-state index in [2.05, 4.69) is 48.7 Å². The molecular weight excluding hydrogens is 400 g/mol. The summed E-state index contributed by atoms with van der Waals surface area (Å²) in [7, 11) is 3.33. The Morgan fingerprint density at radius 3 is 2.16 bits per heavy atom. The average molecular weight is 437 g/mol. The number of ether oxygens (including phenoxy) is 2. The number of anilines is 1. The topological polar surface area (TPSA) is 59.6 Å². The molecule has 2 aromatic carbocycles. The van der Waals surface area contributed by atoms with Crippen LogP contribution in [0.1, 0.15) is 58.9 Å². The van der Waals surface area contributed by atoms with Gasteiger partial charge in [-0.2, -0.15) is 0 Å². The summed E-state index contributed by atoms with van der Waals surface area (Å²) in [5.74, 6) is 1.46. The summed E-state index contributed by atoms with van der Waals surface area (Å²) in [6.45, 7) is 8.07. The normalized spacial score (nSPS) is 14.8. The Morgan fingerprint density at radius 2 is 1.59 bits per heavy atom.